The molecule has 0 bridgehead atoms. The number of rotatable bonds is 5. The molecule has 1 N–H and O–H groups in total. The minimum Gasteiger partial charge on any atom is -0.492 e. The molecule has 20 heavy (non-hydrogen) atoms. The molecule has 1 aromatic carbocycles. The Labute approximate surface area is 119 Å². The molecule has 0 aliphatic carbocycles. The highest BCUT2D eigenvalue weighted by Crippen LogP contribution is 2.38. The molecular formula is C14H12O5S. The zero-order valence-corrected chi connectivity index (χ0v) is 11.3. The van der Waals surface area contributed by atoms with Crippen molar-refractivity contribution in [3.8, 4) is 17.2 Å². The van der Waals surface area contributed by atoms with Gasteiger partial charge in [0.2, 0.25) is 6.79 Å². The molecule has 0 saturated carbocycles. The number of benzene rings is 1. The Morgan fingerprint density at radius 3 is 2.85 bits per heavy atom. The van der Waals surface area contributed by atoms with Crippen molar-refractivity contribution in [2.75, 3.05) is 13.4 Å². The highest BCUT2D eigenvalue weighted by Gasteiger charge is 2.21. The van der Waals surface area contributed by atoms with Gasteiger partial charge in [0.15, 0.2) is 11.5 Å². The van der Waals surface area contributed by atoms with Gasteiger partial charge in [-0.25, -0.2) is 4.79 Å². The second kappa shape index (κ2) is 5.42. The predicted molar refractivity (Wildman–Crippen MR) is 73.0 cm³/mol. The molecule has 1 aromatic heterocycles. The molecule has 0 amide bonds. The smallest absolute Gasteiger partial charge is 0.339 e. The van der Waals surface area contributed by atoms with Crippen LogP contribution in [0.1, 0.15) is 15.2 Å². The van der Waals surface area contributed by atoms with E-state index < -0.39 is 5.97 Å². The summed E-state index contributed by atoms with van der Waals surface area (Å²) in [6, 6.07) is 7.00. The van der Waals surface area contributed by atoms with Gasteiger partial charge in [-0.1, -0.05) is 6.07 Å². The molecule has 0 radical (unpaired) electrons. The standard InChI is InChI=1S/C14H12O5S/c15-14(16)10-6-12-13(19-8-18-12)7-11(10)17-4-3-9-2-1-5-20-9/h1-2,5-7H,3-4,8H2,(H,15,16). The van der Waals surface area contributed by atoms with Crippen molar-refractivity contribution in [2.45, 2.75) is 6.42 Å². The molecule has 5 nitrogen and oxygen atoms in total. The number of thiophene rings is 1. The first kappa shape index (κ1) is 12.8. The summed E-state index contributed by atoms with van der Waals surface area (Å²) in [6.45, 7) is 0.521. The average molecular weight is 292 g/mol. The third-order valence-corrected chi connectivity index (χ3v) is 3.83. The molecule has 3 rings (SSSR count). The van der Waals surface area contributed by atoms with Gasteiger partial charge in [0.05, 0.1) is 6.61 Å². The number of aromatic carboxylic acids is 1. The molecule has 104 valence electrons. The number of ether oxygens (including phenoxy) is 3. The monoisotopic (exact) mass is 292 g/mol. The molecule has 0 saturated heterocycles. The van der Waals surface area contributed by atoms with Gasteiger partial charge >= 0.3 is 5.97 Å². The maximum Gasteiger partial charge on any atom is 0.339 e. The third kappa shape index (κ3) is 2.55. The molecule has 1 aliphatic heterocycles. The lowest BCUT2D eigenvalue weighted by molar-refractivity contribution is 0.0692. The lowest BCUT2D eigenvalue weighted by Crippen LogP contribution is -2.06. The van der Waals surface area contributed by atoms with E-state index in [1.165, 1.54) is 10.9 Å². The fraction of sp³-hybridized carbons (Fsp3) is 0.214. The topological polar surface area (TPSA) is 65.0 Å². The number of hydrogen-bond donors (Lipinski definition) is 1. The maximum atomic E-state index is 11.2. The van der Waals surface area contributed by atoms with Crippen LogP contribution in [0.15, 0.2) is 29.6 Å². The van der Waals surface area contributed by atoms with Crippen LogP contribution < -0.4 is 14.2 Å². The van der Waals surface area contributed by atoms with E-state index in [1.807, 2.05) is 17.5 Å². The Morgan fingerprint density at radius 2 is 2.15 bits per heavy atom. The van der Waals surface area contributed by atoms with E-state index >= 15 is 0 Å². The maximum absolute atomic E-state index is 11.2. The molecule has 1 aliphatic rings. The van der Waals surface area contributed by atoms with Crippen molar-refractivity contribution in [1.82, 2.24) is 0 Å². The highest BCUT2D eigenvalue weighted by atomic mass is 32.1. The summed E-state index contributed by atoms with van der Waals surface area (Å²) in [7, 11) is 0. The van der Waals surface area contributed by atoms with E-state index in [2.05, 4.69) is 0 Å². The fourth-order valence-corrected chi connectivity index (χ4v) is 2.62. The van der Waals surface area contributed by atoms with Gasteiger partial charge in [0, 0.05) is 23.4 Å². The largest absolute Gasteiger partial charge is 0.492 e. The summed E-state index contributed by atoms with van der Waals surface area (Å²) in [5.74, 6) is 0.210. The van der Waals surface area contributed by atoms with Gasteiger partial charge in [-0.15, -0.1) is 11.3 Å². The molecule has 6 heteroatoms. The quantitative estimate of drug-likeness (QED) is 0.918. The van der Waals surface area contributed by atoms with Gasteiger partial charge < -0.3 is 19.3 Å². The molecule has 0 fully saturated rings. The normalized spacial score (nSPS) is 12.4. The summed E-state index contributed by atoms with van der Waals surface area (Å²) >= 11 is 1.65. The number of carboxylic acids is 1. The van der Waals surface area contributed by atoms with Gasteiger partial charge in [-0.3, -0.25) is 0 Å². The molecule has 0 spiro atoms. The summed E-state index contributed by atoms with van der Waals surface area (Å²) in [6.07, 6.45) is 0.741. The van der Waals surface area contributed by atoms with Crippen LogP contribution >= 0.6 is 11.3 Å². The van der Waals surface area contributed by atoms with Crippen molar-refractivity contribution in [2.24, 2.45) is 0 Å². The van der Waals surface area contributed by atoms with Gasteiger partial charge in [-0.2, -0.15) is 0 Å². The second-order valence-electron chi connectivity index (χ2n) is 4.18. The van der Waals surface area contributed by atoms with E-state index in [4.69, 9.17) is 14.2 Å². The van der Waals surface area contributed by atoms with E-state index in [1.54, 1.807) is 17.4 Å². The average Bonchev–Trinajstić information content (AvgIpc) is 3.07. The van der Waals surface area contributed by atoms with Crippen molar-refractivity contribution < 1.29 is 24.1 Å². The van der Waals surface area contributed by atoms with Crippen LogP contribution in [-0.2, 0) is 6.42 Å². The first-order chi connectivity index (χ1) is 9.74. The van der Waals surface area contributed by atoms with Crippen molar-refractivity contribution in [3.05, 3.63) is 40.1 Å². The molecule has 0 unspecified atom stereocenters. The van der Waals surface area contributed by atoms with Crippen LogP contribution in [0.2, 0.25) is 0 Å². The van der Waals surface area contributed by atoms with Crippen molar-refractivity contribution in [1.29, 1.82) is 0 Å². The van der Waals surface area contributed by atoms with Crippen molar-refractivity contribution >= 4 is 17.3 Å². The zero-order chi connectivity index (χ0) is 13.9. The van der Waals surface area contributed by atoms with Crippen LogP contribution in [0.5, 0.6) is 17.2 Å². The van der Waals surface area contributed by atoms with E-state index in [0.29, 0.717) is 23.9 Å². The Hall–Kier alpha value is -2.21. The summed E-state index contributed by atoms with van der Waals surface area (Å²) in [4.78, 5) is 12.4. The SMILES string of the molecule is O=C(O)c1cc2c(cc1OCCc1cccs1)OCO2. The molecular weight excluding hydrogens is 280 g/mol. The molecule has 0 atom stereocenters. The number of carbonyl (C=O) groups is 1. The van der Waals surface area contributed by atoms with Gasteiger partial charge in [0.1, 0.15) is 11.3 Å². The van der Waals surface area contributed by atoms with Gasteiger partial charge in [0.25, 0.3) is 0 Å². The van der Waals surface area contributed by atoms with E-state index in [0.717, 1.165) is 6.42 Å². The Bertz CT molecular complexity index is 621. The first-order valence-electron chi connectivity index (χ1n) is 6.06. The van der Waals surface area contributed by atoms with Gasteiger partial charge in [-0.05, 0) is 11.4 Å². The zero-order valence-electron chi connectivity index (χ0n) is 10.5. The predicted octanol–water partition coefficient (Wildman–Crippen LogP) is 2.80. The first-order valence-corrected chi connectivity index (χ1v) is 6.94. The fourth-order valence-electron chi connectivity index (χ4n) is 1.93. The minimum absolute atomic E-state index is 0.0837. The number of carboxylic acid groups (broad SMARTS) is 1. The van der Waals surface area contributed by atoms with Crippen LogP contribution in [0.3, 0.4) is 0 Å². The van der Waals surface area contributed by atoms with Crippen LogP contribution in [0.25, 0.3) is 0 Å². The Balaban J connectivity index is 1.75. The lowest BCUT2D eigenvalue weighted by Gasteiger charge is -2.09. The summed E-state index contributed by atoms with van der Waals surface area (Å²) < 4.78 is 16.0. The molecule has 2 aromatic rings. The van der Waals surface area contributed by atoms with E-state index in [9.17, 15) is 9.90 Å². The van der Waals surface area contributed by atoms with E-state index in [-0.39, 0.29) is 12.4 Å². The van der Waals surface area contributed by atoms with Crippen LogP contribution in [0, 0.1) is 0 Å². The van der Waals surface area contributed by atoms with Crippen molar-refractivity contribution in [3.63, 3.8) is 0 Å². The lowest BCUT2D eigenvalue weighted by atomic mass is 10.2. The minimum atomic E-state index is -1.05. The highest BCUT2D eigenvalue weighted by molar-refractivity contribution is 7.09. The third-order valence-electron chi connectivity index (χ3n) is 2.89. The number of fused-ring (bicyclic) bond motifs is 1. The molecule has 2 heterocycles. The van der Waals surface area contributed by atoms with Crippen LogP contribution in [-0.4, -0.2) is 24.5 Å². The number of hydrogen-bond acceptors (Lipinski definition) is 5. The summed E-state index contributed by atoms with van der Waals surface area (Å²) in [5.41, 5.74) is 0.0837. The summed E-state index contributed by atoms with van der Waals surface area (Å²) in [5, 5.41) is 11.2. The Kier molecular flexibility index (Phi) is 3.47. The second-order valence-corrected chi connectivity index (χ2v) is 5.22. The Morgan fingerprint density at radius 1 is 1.35 bits per heavy atom. The van der Waals surface area contributed by atoms with Crippen LogP contribution in [0.4, 0.5) is 0 Å².